The van der Waals surface area contributed by atoms with E-state index in [-0.39, 0.29) is 18.2 Å². The highest BCUT2D eigenvalue weighted by Gasteiger charge is 2.22. The number of rotatable bonds is 8. The molecule has 0 amide bonds. The normalized spacial score (nSPS) is 14.4. The number of hydrogen-bond donors (Lipinski definition) is 0. The Kier molecular flexibility index (Phi) is 8.80. The first-order chi connectivity index (χ1) is 15.6. The third-order valence-electron chi connectivity index (χ3n) is 6.37. The smallest absolute Gasteiger partial charge is 0.155 e. The predicted molar refractivity (Wildman–Crippen MR) is 134 cm³/mol. The van der Waals surface area contributed by atoms with Gasteiger partial charge in [-0.25, -0.2) is 9.37 Å². The second-order valence-corrected chi connectivity index (χ2v) is 8.21. The molecule has 1 fully saturated rings. The molecule has 2 aromatic heterocycles. The van der Waals surface area contributed by atoms with Crippen molar-refractivity contribution in [1.29, 1.82) is 0 Å². The number of aryl methyl sites for hydroxylation is 2. The van der Waals surface area contributed by atoms with E-state index in [4.69, 9.17) is 5.10 Å². The number of nitrogens with zero attached hydrogens (tertiary/aromatic N) is 6. The van der Waals surface area contributed by atoms with Gasteiger partial charge in [0, 0.05) is 62.9 Å². The van der Waals surface area contributed by atoms with Crippen LogP contribution in [-0.2, 0) is 25.8 Å². The summed E-state index contributed by atoms with van der Waals surface area (Å²) in [5.74, 6) is 0.638. The summed E-state index contributed by atoms with van der Waals surface area (Å²) in [6, 6.07) is 6.49. The van der Waals surface area contributed by atoms with E-state index < -0.39 is 0 Å². The molecule has 0 N–H and O–H groups in total. The van der Waals surface area contributed by atoms with Crippen molar-refractivity contribution in [3.63, 3.8) is 0 Å². The number of anilines is 1. The molecule has 4 rings (SSSR count). The number of benzene rings is 1. The van der Waals surface area contributed by atoms with E-state index in [1.807, 2.05) is 0 Å². The van der Waals surface area contributed by atoms with Gasteiger partial charge in [0.1, 0.15) is 11.5 Å². The van der Waals surface area contributed by atoms with Crippen molar-refractivity contribution in [2.24, 2.45) is 0 Å². The third-order valence-corrected chi connectivity index (χ3v) is 6.37. The van der Waals surface area contributed by atoms with Crippen LogP contribution in [0.4, 0.5) is 10.2 Å². The molecule has 0 radical (unpaired) electrons. The molecule has 0 bridgehead atoms. The zero-order valence-corrected chi connectivity index (χ0v) is 20.6. The minimum atomic E-state index is -0.241. The fourth-order valence-electron chi connectivity index (χ4n) is 4.65. The molecule has 0 unspecified atom stereocenters. The van der Waals surface area contributed by atoms with Gasteiger partial charge in [-0.15, -0.1) is 12.4 Å². The Hall–Kier alpha value is -2.51. The van der Waals surface area contributed by atoms with Gasteiger partial charge in [0.25, 0.3) is 0 Å². The van der Waals surface area contributed by atoms with Crippen LogP contribution in [0, 0.1) is 5.82 Å². The first-order valence-corrected chi connectivity index (χ1v) is 11.8. The standard InChI is InChI=1S/C25H33FN6.ClH/c1-4-22-21(23(5-2)32(6-3)29-22)11-14-30-15-17-31(18-16-30)25-24(27-12-13-28-25)19-7-9-20(26)10-8-19;/h7-10,12-13H,4-6,11,14-18H2,1-3H3;1H. The molecule has 8 heteroatoms. The average molecular weight is 473 g/mol. The van der Waals surface area contributed by atoms with Crippen LogP contribution in [0.3, 0.4) is 0 Å². The molecule has 1 saturated heterocycles. The summed E-state index contributed by atoms with van der Waals surface area (Å²) >= 11 is 0. The first-order valence-electron chi connectivity index (χ1n) is 11.8. The highest BCUT2D eigenvalue weighted by Crippen LogP contribution is 2.27. The molecule has 0 saturated carbocycles. The molecule has 0 aliphatic carbocycles. The summed E-state index contributed by atoms with van der Waals surface area (Å²) in [6.07, 6.45) is 6.51. The van der Waals surface area contributed by atoms with E-state index in [2.05, 4.69) is 45.2 Å². The summed E-state index contributed by atoms with van der Waals surface area (Å²) in [7, 11) is 0. The van der Waals surface area contributed by atoms with Crippen LogP contribution >= 0.6 is 12.4 Å². The van der Waals surface area contributed by atoms with Gasteiger partial charge < -0.3 is 4.90 Å². The Labute approximate surface area is 202 Å². The van der Waals surface area contributed by atoms with E-state index in [1.54, 1.807) is 24.5 Å². The number of hydrogen-bond acceptors (Lipinski definition) is 5. The highest BCUT2D eigenvalue weighted by atomic mass is 35.5. The minimum Gasteiger partial charge on any atom is -0.352 e. The molecule has 33 heavy (non-hydrogen) atoms. The van der Waals surface area contributed by atoms with Gasteiger partial charge in [-0.3, -0.25) is 14.6 Å². The van der Waals surface area contributed by atoms with Gasteiger partial charge in [0.2, 0.25) is 0 Å². The van der Waals surface area contributed by atoms with Crippen LogP contribution in [-0.4, -0.2) is 57.4 Å². The monoisotopic (exact) mass is 472 g/mol. The van der Waals surface area contributed by atoms with E-state index >= 15 is 0 Å². The molecule has 3 aromatic rings. The Bertz CT molecular complexity index is 1030. The molecule has 0 spiro atoms. The largest absolute Gasteiger partial charge is 0.352 e. The Morgan fingerprint density at radius 2 is 1.61 bits per heavy atom. The van der Waals surface area contributed by atoms with E-state index in [0.29, 0.717) is 0 Å². The molecule has 1 aliphatic heterocycles. The zero-order chi connectivity index (χ0) is 22.5. The van der Waals surface area contributed by atoms with Crippen molar-refractivity contribution in [2.75, 3.05) is 37.6 Å². The molecular weight excluding hydrogens is 439 g/mol. The fourth-order valence-corrected chi connectivity index (χ4v) is 4.65. The van der Waals surface area contributed by atoms with Gasteiger partial charge in [-0.2, -0.15) is 5.10 Å². The lowest BCUT2D eigenvalue weighted by atomic mass is 10.1. The van der Waals surface area contributed by atoms with Crippen molar-refractivity contribution in [1.82, 2.24) is 24.6 Å². The highest BCUT2D eigenvalue weighted by molar-refractivity contribution is 5.85. The molecule has 0 atom stereocenters. The zero-order valence-electron chi connectivity index (χ0n) is 19.8. The summed E-state index contributed by atoms with van der Waals surface area (Å²) in [4.78, 5) is 14.0. The Balaban J connectivity index is 0.00000306. The van der Waals surface area contributed by atoms with Gasteiger partial charge >= 0.3 is 0 Å². The quantitative estimate of drug-likeness (QED) is 0.486. The number of aromatic nitrogens is 4. The van der Waals surface area contributed by atoms with E-state index in [9.17, 15) is 4.39 Å². The van der Waals surface area contributed by atoms with Crippen molar-refractivity contribution < 1.29 is 4.39 Å². The molecular formula is C25H34ClFN6. The predicted octanol–water partition coefficient (Wildman–Crippen LogP) is 4.41. The van der Waals surface area contributed by atoms with Crippen LogP contribution in [0.25, 0.3) is 11.3 Å². The summed E-state index contributed by atoms with van der Waals surface area (Å²) in [5.41, 5.74) is 5.81. The molecule has 178 valence electrons. The van der Waals surface area contributed by atoms with Gasteiger partial charge in [0.15, 0.2) is 5.82 Å². The van der Waals surface area contributed by atoms with Gasteiger partial charge in [-0.05, 0) is 56.0 Å². The Morgan fingerprint density at radius 1 is 0.909 bits per heavy atom. The number of piperazine rings is 1. The van der Waals surface area contributed by atoms with Crippen molar-refractivity contribution in [3.8, 4) is 11.3 Å². The third kappa shape index (κ3) is 5.53. The van der Waals surface area contributed by atoms with E-state index in [1.165, 1.54) is 29.1 Å². The lowest BCUT2D eigenvalue weighted by molar-refractivity contribution is 0.260. The van der Waals surface area contributed by atoms with Crippen LogP contribution in [0.5, 0.6) is 0 Å². The van der Waals surface area contributed by atoms with E-state index in [0.717, 1.165) is 75.6 Å². The average Bonchev–Trinajstić information content (AvgIpc) is 3.20. The molecule has 3 heterocycles. The topological polar surface area (TPSA) is 50.1 Å². The summed E-state index contributed by atoms with van der Waals surface area (Å²) in [5, 5.41) is 4.83. The second-order valence-electron chi connectivity index (χ2n) is 8.21. The maximum Gasteiger partial charge on any atom is 0.155 e. The van der Waals surface area contributed by atoms with Crippen molar-refractivity contribution >= 4 is 18.2 Å². The van der Waals surface area contributed by atoms with Crippen molar-refractivity contribution in [3.05, 3.63) is 59.4 Å². The SMILES string of the molecule is CCc1nn(CC)c(CC)c1CCN1CCN(c2nccnc2-c2ccc(F)cc2)CC1.Cl. The van der Waals surface area contributed by atoms with Gasteiger partial charge in [0.05, 0.1) is 5.69 Å². The van der Waals surface area contributed by atoms with Crippen LogP contribution in [0.1, 0.15) is 37.7 Å². The minimum absolute atomic E-state index is 0. The maximum atomic E-state index is 13.4. The summed E-state index contributed by atoms with van der Waals surface area (Å²) in [6.45, 7) is 12.4. The lowest BCUT2D eigenvalue weighted by Crippen LogP contribution is -2.47. The second kappa shape index (κ2) is 11.6. The molecule has 6 nitrogen and oxygen atoms in total. The lowest BCUT2D eigenvalue weighted by Gasteiger charge is -2.36. The Morgan fingerprint density at radius 3 is 2.24 bits per heavy atom. The van der Waals surface area contributed by atoms with Crippen LogP contribution in [0.2, 0.25) is 0 Å². The number of halogens is 2. The van der Waals surface area contributed by atoms with Gasteiger partial charge in [-0.1, -0.05) is 13.8 Å². The maximum absolute atomic E-state index is 13.4. The van der Waals surface area contributed by atoms with Crippen LogP contribution < -0.4 is 4.90 Å². The first kappa shape index (κ1) is 25.1. The van der Waals surface area contributed by atoms with Crippen LogP contribution in [0.15, 0.2) is 36.7 Å². The fraction of sp³-hybridized carbons (Fsp3) is 0.480. The van der Waals surface area contributed by atoms with Crippen molar-refractivity contribution in [2.45, 2.75) is 46.6 Å². The molecule has 1 aliphatic rings. The molecule has 1 aromatic carbocycles. The summed E-state index contributed by atoms with van der Waals surface area (Å²) < 4.78 is 15.5.